The first-order valence-electron chi connectivity index (χ1n) is 8.57. The summed E-state index contributed by atoms with van der Waals surface area (Å²) in [6, 6.07) is 20.1. The van der Waals surface area contributed by atoms with Crippen molar-refractivity contribution in [3.05, 3.63) is 89.1 Å². The highest BCUT2D eigenvalue weighted by atomic mass is 35.5. The van der Waals surface area contributed by atoms with Crippen molar-refractivity contribution >= 4 is 40.9 Å². The van der Waals surface area contributed by atoms with Crippen molar-refractivity contribution in [1.29, 1.82) is 0 Å². The standard InChI is InChI=1S/C21H18ClN3O2S/c22-16-10-11-20(23-13-16)28-14-19(26)25-18-9-5-4-8-17(18)21(27)24-12-15-6-2-1-3-7-15/h1-11,13H,12,14H2,(H,24,27)(H,25,26). The minimum Gasteiger partial charge on any atom is -0.348 e. The second-order valence-electron chi connectivity index (χ2n) is 5.87. The molecule has 7 heteroatoms. The maximum Gasteiger partial charge on any atom is 0.253 e. The molecule has 0 saturated heterocycles. The number of hydrogen-bond acceptors (Lipinski definition) is 4. The van der Waals surface area contributed by atoms with E-state index in [4.69, 9.17) is 11.6 Å². The SMILES string of the molecule is O=C(CSc1ccc(Cl)cn1)Nc1ccccc1C(=O)NCc1ccccc1. The largest absolute Gasteiger partial charge is 0.348 e. The van der Waals surface area contributed by atoms with Gasteiger partial charge >= 0.3 is 0 Å². The number of anilines is 1. The van der Waals surface area contributed by atoms with E-state index < -0.39 is 0 Å². The van der Waals surface area contributed by atoms with Crippen LogP contribution in [0.4, 0.5) is 5.69 Å². The zero-order valence-electron chi connectivity index (χ0n) is 14.9. The quantitative estimate of drug-likeness (QED) is 0.565. The normalized spacial score (nSPS) is 10.3. The molecule has 0 bridgehead atoms. The summed E-state index contributed by atoms with van der Waals surface area (Å²) in [5.41, 5.74) is 1.90. The molecule has 0 aliphatic heterocycles. The van der Waals surface area contributed by atoms with Crippen molar-refractivity contribution in [3.63, 3.8) is 0 Å². The number of thioether (sulfide) groups is 1. The predicted octanol–water partition coefficient (Wildman–Crippen LogP) is 4.40. The van der Waals surface area contributed by atoms with Gasteiger partial charge in [-0.1, -0.05) is 65.8 Å². The van der Waals surface area contributed by atoms with Crippen LogP contribution in [0.15, 0.2) is 78.0 Å². The molecule has 0 aliphatic carbocycles. The zero-order chi connectivity index (χ0) is 19.8. The lowest BCUT2D eigenvalue weighted by molar-refractivity contribution is -0.113. The van der Waals surface area contributed by atoms with Gasteiger partial charge in [-0.15, -0.1) is 0 Å². The molecule has 3 aromatic rings. The average Bonchev–Trinajstić information content (AvgIpc) is 2.73. The number of rotatable bonds is 7. The molecule has 0 radical (unpaired) electrons. The Balaban J connectivity index is 1.58. The summed E-state index contributed by atoms with van der Waals surface area (Å²) in [6.07, 6.45) is 1.54. The molecule has 0 unspecified atom stereocenters. The number of carbonyl (C=O) groups excluding carboxylic acids is 2. The van der Waals surface area contributed by atoms with Crippen LogP contribution in [0.5, 0.6) is 0 Å². The van der Waals surface area contributed by atoms with Gasteiger partial charge in [0.05, 0.1) is 27.1 Å². The highest BCUT2D eigenvalue weighted by molar-refractivity contribution is 7.99. The molecule has 3 rings (SSSR count). The highest BCUT2D eigenvalue weighted by Gasteiger charge is 2.13. The smallest absolute Gasteiger partial charge is 0.253 e. The third kappa shape index (κ3) is 5.84. The fraction of sp³-hybridized carbons (Fsp3) is 0.0952. The van der Waals surface area contributed by atoms with E-state index >= 15 is 0 Å². The Kier molecular flexibility index (Phi) is 7.06. The van der Waals surface area contributed by atoms with E-state index in [9.17, 15) is 9.59 Å². The van der Waals surface area contributed by atoms with Gasteiger partial charge < -0.3 is 10.6 Å². The molecule has 28 heavy (non-hydrogen) atoms. The van der Waals surface area contributed by atoms with Gasteiger partial charge in [-0.3, -0.25) is 9.59 Å². The minimum atomic E-state index is -0.244. The highest BCUT2D eigenvalue weighted by Crippen LogP contribution is 2.19. The number of aromatic nitrogens is 1. The fourth-order valence-electron chi connectivity index (χ4n) is 2.44. The van der Waals surface area contributed by atoms with Crippen LogP contribution in [0.1, 0.15) is 15.9 Å². The van der Waals surface area contributed by atoms with Gasteiger partial charge in [0, 0.05) is 12.7 Å². The fourth-order valence-corrected chi connectivity index (χ4v) is 3.19. The van der Waals surface area contributed by atoms with Crippen molar-refractivity contribution in [2.75, 3.05) is 11.1 Å². The topological polar surface area (TPSA) is 71.1 Å². The Morgan fingerprint density at radius 1 is 0.964 bits per heavy atom. The second kappa shape index (κ2) is 9.92. The van der Waals surface area contributed by atoms with Crippen molar-refractivity contribution in [1.82, 2.24) is 10.3 Å². The van der Waals surface area contributed by atoms with Crippen LogP contribution < -0.4 is 10.6 Å². The van der Waals surface area contributed by atoms with E-state index in [0.29, 0.717) is 27.8 Å². The Hall–Kier alpha value is -2.83. The van der Waals surface area contributed by atoms with Gasteiger partial charge in [-0.2, -0.15) is 0 Å². The van der Waals surface area contributed by atoms with Gasteiger partial charge in [0.15, 0.2) is 0 Å². The van der Waals surface area contributed by atoms with Crippen molar-refractivity contribution in [2.45, 2.75) is 11.6 Å². The molecule has 2 aromatic carbocycles. The van der Waals surface area contributed by atoms with E-state index in [2.05, 4.69) is 15.6 Å². The number of nitrogens with zero attached hydrogens (tertiary/aromatic N) is 1. The molecule has 2 amide bonds. The molecule has 2 N–H and O–H groups in total. The van der Waals surface area contributed by atoms with Crippen LogP contribution in [0.25, 0.3) is 0 Å². The lowest BCUT2D eigenvalue weighted by atomic mass is 10.1. The van der Waals surface area contributed by atoms with E-state index in [1.165, 1.54) is 18.0 Å². The molecule has 1 heterocycles. The summed E-state index contributed by atoms with van der Waals surface area (Å²) in [5.74, 6) is -0.286. The van der Waals surface area contributed by atoms with Gasteiger partial charge in [0.25, 0.3) is 5.91 Å². The van der Waals surface area contributed by atoms with E-state index in [1.54, 1.807) is 36.4 Å². The Morgan fingerprint density at radius 3 is 2.46 bits per heavy atom. The molecule has 142 valence electrons. The van der Waals surface area contributed by atoms with Crippen LogP contribution in [-0.4, -0.2) is 22.6 Å². The number of pyridine rings is 1. The first-order valence-corrected chi connectivity index (χ1v) is 9.93. The van der Waals surface area contributed by atoms with Crippen LogP contribution in [0.3, 0.4) is 0 Å². The van der Waals surface area contributed by atoms with Gasteiger partial charge in [0.1, 0.15) is 0 Å². The Labute approximate surface area is 172 Å². The first-order chi connectivity index (χ1) is 13.6. The lowest BCUT2D eigenvalue weighted by Gasteiger charge is -2.11. The Bertz CT molecular complexity index is 949. The van der Waals surface area contributed by atoms with Gasteiger partial charge in [0.2, 0.25) is 5.91 Å². The van der Waals surface area contributed by atoms with Crippen molar-refractivity contribution in [2.24, 2.45) is 0 Å². The van der Waals surface area contributed by atoms with E-state index in [1.807, 2.05) is 30.3 Å². The van der Waals surface area contributed by atoms with Crippen LogP contribution in [0, 0.1) is 0 Å². The maximum absolute atomic E-state index is 12.5. The molecule has 0 saturated carbocycles. The van der Waals surface area contributed by atoms with Crippen LogP contribution in [0.2, 0.25) is 5.02 Å². The molecule has 1 aromatic heterocycles. The third-order valence-corrected chi connectivity index (χ3v) is 4.96. The Morgan fingerprint density at radius 2 is 1.71 bits per heavy atom. The van der Waals surface area contributed by atoms with E-state index in [-0.39, 0.29) is 17.6 Å². The zero-order valence-corrected chi connectivity index (χ0v) is 16.5. The molecular formula is C21H18ClN3O2S. The first kappa shape index (κ1) is 19.9. The number of benzene rings is 2. The van der Waals surface area contributed by atoms with Gasteiger partial charge in [-0.05, 0) is 29.8 Å². The van der Waals surface area contributed by atoms with Crippen molar-refractivity contribution < 1.29 is 9.59 Å². The molecule has 0 fully saturated rings. The summed E-state index contributed by atoms with van der Waals surface area (Å²) in [6.45, 7) is 0.417. The molecule has 0 atom stereocenters. The van der Waals surface area contributed by atoms with Crippen molar-refractivity contribution in [3.8, 4) is 0 Å². The summed E-state index contributed by atoms with van der Waals surface area (Å²) < 4.78 is 0. The minimum absolute atomic E-state index is 0.175. The number of amides is 2. The average molecular weight is 412 g/mol. The van der Waals surface area contributed by atoms with E-state index in [0.717, 1.165) is 5.56 Å². The number of nitrogens with one attached hydrogen (secondary N) is 2. The summed E-state index contributed by atoms with van der Waals surface area (Å²) in [7, 11) is 0. The third-order valence-electron chi connectivity index (χ3n) is 3.79. The lowest BCUT2D eigenvalue weighted by Crippen LogP contribution is -2.25. The summed E-state index contributed by atoms with van der Waals surface area (Å²) in [4.78, 5) is 29.0. The molecule has 0 spiro atoms. The molecule has 0 aliphatic rings. The number of hydrogen-bond donors (Lipinski definition) is 2. The maximum atomic E-state index is 12.5. The number of para-hydroxylation sites is 1. The monoisotopic (exact) mass is 411 g/mol. The van der Waals surface area contributed by atoms with Crippen LogP contribution in [-0.2, 0) is 11.3 Å². The van der Waals surface area contributed by atoms with Gasteiger partial charge in [-0.25, -0.2) is 4.98 Å². The van der Waals surface area contributed by atoms with Crippen LogP contribution >= 0.6 is 23.4 Å². The predicted molar refractivity (Wildman–Crippen MR) is 113 cm³/mol. The summed E-state index contributed by atoms with van der Waals surface area (Å²) in [5, 5.41) is 6.92. The number of carbonyl (C=O) groups is 2. The number of halogens is 1. The molecular weight excluding hydrogens is 394 g/mol. The molecule has 5 nitrogen and oxygen atoms in total. The second-order valence-corrected chi connectivity index (χ2v) is 7.30. The summed E-state index contributed by atoms with van der Waals surface area (Å²) >= 11 is 7.10.